The highest BCUT2D eigenvalue weighted by Crippen LogP contribution is 2.34. The van der Waals surface area contributed by atoms with Gasteiger partial charge in [-0.3, -0.25) is 10.1 Å². The lowest BCUT2D eigenvalue weighted by atomic mass is 9.93. The largest absolute Gasteiger partial charge is 0.482 e. The smallest absolute Gasteiger partial charge is 0.312 e. The van der Waals surface area contributed by atoms with E-state index in [9.17, 15) is 14.5 Å². The molecule has 0 aliphatic heterocycles. The van der Waals surface area contributed by atoms with Crippen LogP contribution < -0.4 is 10.5 Å². The number of nitro groups is 1. The van der Waals surface area contributed by atoms with Gasteiger partial charge in [-0.1, -0.05) is 6.42 Å². The van der Waals surface area contributed by atoms with Crippen LogP contribution in [-0.2, 0) is 0 Å². The lowest BCUT2D eigenvalue weighted by molar-refractivity contribution is -0.386. The van der Waals surface area contributed by atoms with Gasteiger partial charge in [-0.15, -0.1) is 0 Å². The molecule has 5 nitrogen and oxygen atoms in total. The molecule has 2 atom stereocenters. The Morgan fingerprint density at radius 2 is 2.11 bits per heavy atom. The van der Waals surface area contributed by atoms with Crippen LogP contribution in [0.4, 0.5) is 10.1 Å². The predicted molar refractivity (Wildman–Crippen MR) is 71.6 cm³/mol. The Hall–Kier alpha value is -1.21. The zero-order chi connectivity index (χ0) is 14.0. The Balaban J connectivity index is 2.27. The van der Waals surface area contributed by atoms with Crippen LogP contribution in [0.25, 0.3) is 0 Å². The Kier molecular flexibility index (Phi) is 4.36. The van der Waals surface area contributed by atoms with Crippen molar-refractivity contribution in [1.82, 2.24) is 0 Å². The third-order valence-electron chi connectivity index (χ3n) is 3.23. The molecule has 1 aliphatic carbocycles. The highest BCUT2D eigenvalue weighted by atomic mass is 79.9. The molecule has 1 fully saturated rings. The Morgan fingerprint density at radius 1 is 1.42 bits per heavy atom. The lowest BCUT2D eigenvalue weighted by Crippen LogP contribution is -2.41. The van der Waals surface area contributed by atoms with Crippen molar-refractivity contribution in [2.75, 3.05) is 0 Å². The first-order chi connectivity index (χ1) is 8.99. The number of halogens is 2. The van der Waals surface area contributed by atoms with Gasteiger partial charge in [0.25, 0.3) is 0 Å². The van der Waals surface area contributed by atoms with Gasteiger partial charge in [0.05, 0.1) is 9.40 Å². The molecule has 2 rings (SSSR count). The molecule has 2 N–H and O–H groups in total. The Labute approximate surface area is 118 Å². The molecule has 0 aromatic heterocycles. The molecule has 0 bridgehead atoms. The molecule has 19 heavy (non-hydrogen) atoms. The number of hydrogen-bond donors (Lipinski definition) is 1. The Morgan fingerprint density at radius 3 is 2.74 bits per heavy atom. The maximum absolute atomic E-state index is 13.5. The molecule has 0 spiro atoms. The van der Waals surface area contributed by atoms with Crippen molar-refractivity contribution in [2.45, 2.75) is 37.8 Å². The van der Waals surface area contributed by atoms with Crippen LogP contribution in [0.1, 0.15) is 25.7 Å². The van der Waals surface area contributed by atoms with Crippen molar-refractivity contribution in [3.05, 3.63) is 32.5 Å². The van der Waals surface area contributed by atoms with Crippen molar-refractivity contribution in [2.24, 2.45) is 5.73 Å². The van der Waals surface area contributed by atoms with Crippen molar-refractivity contribution in [3.63, 3.8) is 0 Å². The van der Waals surface area contributed by atoms with E-state index in [1.165, 1.54) is 0 Å². The average molecular weight is 333 g/mol. The normalized spacial score (nSPS) is 23.1. The van der Waals surface area contributed by atoms with E-state index >= 15 is 0 Å². The number of rotatable bonds is 3. The van der Waals surface area contributed by atoms with Crippen LogP contribution in [0.2, 0.25) is 0 Å². The molecule has 1 aromatic carbocycles. The van der Waals surface area contributed by atoms with Crippen molar-refractivity contribution >= 4 is 21.6 Å². The van der Waals surface area contributed by atoms with E-state index in [2.05, 4.69) is 15.9 Å². The number of nitro benzene ring substituents is 1. The number of ether oxygens (including phenoxy) is 1. The summed E-state index contributed by atoms with van der Waals surface area (Å²) in [5.41, 5.74) is 5.66. The van der Waals surface area contributed by atoms with Crippen LogP contribution in [-0.4, -0.2) is 17.1 Å². The van der Waals surface area contributed by atoms with Gasteiger partial charge in [0, 0.05) is 18.2 Å². The molecule has 0 amide bonds. The molecule has 0 heterocycles. The summed E-state index contributed by atoms with van der Waals surface area (Å²) < 4.78 is 19.1. The van der Waals surface area contributed by atoms with E-state index in [0.717, 1.165) is 37.8 Å². The summed E-state index contributed by atoms with van der Waals surface area (Å²) in [5, 5.41) is 11.0. The zero-order valence-corrected chi connectivity index (χ0v) is 11.7. The van der Waals surface area contributed by atoms with Gasteiger partial charge in [-0.25, -0.2) is 4.39 Å². The van der Waals surface area contributed by atoms with Gasteiger partial charge in [-0.05, 0) is 35.2 Å². The Bertz CT molecular complexity index is 498. The molecule has 1 saturated carbocycles. The minimum atomic E-state index is -0.593. The van der Waals surface area contributed by atoms with Gasteiger partial charge in [0.1, 0.15) is 11.9 Å². The number of hydrogen-bond acceptors (Lipinski definition) is 4. The van der Waals surface area contributed by atoms with Gasteiger partial charge in [0.15, 0.2) is 5.75 Å². The summed E-state index contributed by atoms with van der Waals surface area (Å²) in [6, 6.07) is 1.97. The molecular weight excluding hydrogens is 319 g/mol. The maximum atomic E-state index is 13.5. The number of nitrogens with two attached hydrogens (primary N) is 1. The fraction of sp³-hybridized carbons (Fsp3) is 0.500. The summed E-state index contributed by atoms with van der Waals surface area (Å²) in [4.78, 5) is 10.4. The fourth-order valence-electron chi connectivity index (χ4n) is 2.19. The summed E-state index contributed by atoms with van der Waals surface area (Å²) in [5.74, 6) is -0.655. The van der Waals surface area contributed by atoms with Gasteiger partial charge in [0.2, 0.25) is 0 Å². The minimum Gasteiger partial charge on any atom is -0.482 e. The summed E-state index contributed by atoms with van der Waals surface area (Å²) in [6.45, 7) is 0. The third-order valence-corrected chi connectivity index (χ3v) is 3.84. The predicted octanol–water partition coefficient (Wildman–Crippen LogP) is 3.15. The lowest BCUT2D eigenvalue weighted by Gasteiger charge is -2.28. The summed E-state index contributed by atoms with van der Waals surface area (Å²) >= 11 is 2.93. The van der Waals surface area contributed by atoms with Gasteiger partial charge < -0.3 is 10.5 Å². The first kappa shape index (κ1) is 14.2. The van der Waals surface area contributed by atoms with Crippen molar-refractivity contribution in [3.8, 4) is 5.75 Å². The van der Waals surface area contributed by atoms with E-state index in [1.54, 1.807) is 0 Å². The van der Waals surface area contributed by atoms with Crippen LogP contribution in [0, 0.1) is 15.9 Å². The molecule has 1 aliphatic rings. The van der Waals surface area contributed by atoms with Crippen LogP contribution in [0.15, 0.2) is 16.6 Å². The first-order valence-electron chi connectivity index (χ1n) is 6.04. The topological polar surface area (TPSA) is 78.4 Å². The second kappa shape index (κ2) is 5.83. The van der Waals surface area contributed by atoms with Crippen LogP contribution in [0.5, 0.6) is 5.75 Å². The number of nitrogens with zero attached hydrogens (tertiary/aromatic N) is 1. The quantitative estimate of drug-likeness (QED) is 0.681. The highest BCUT2D eigenvalue weighted by molar-refractivity contribution is 9.10. The van der Waals surface area contributed by atoms with E-state index < -0.39 is 10.7 Å². The minimum absolute atomic E-state index is 0.0412. The average Bonchev–Trinajstić information content (AvgIpc) is 2.36. The van der Waals surface area contributed by atoms with Crippen LogP contribution >= 0.6 is 15.9 Å². The van der Waals surface area contributed by atoms with Gasteiger partial charge >= 0.3 is 5.69 Å². The van der Waals surface area contributed by atoms with E-state index in [4.69, 9.17) is 10.5 Å². The third kappa shape index (κ3) is 3.22. The molecule has 0 radical (unpaired) electrons. The highest BCUT2D eigenvalue weighted by Gasteiger charge is 2.27. The standard InChI is InChI=1S/C12H14BrFN2O3/c13-7-5-10(16(17)18)12(6-8(7)14)19-11-4-2-1-3-9(11)15/h5-6,9,11H,1-4,15H2. The van der Waals surface area contributed by atoms with E-state index in [1.807, 2.05) is 0 Å². The number of benzene rings is 1. The molecule has 7 heteroatoms. The summed E-state index contributed by atoms with van der Waals surface area (Å²) in [7, 11) is 0. The molecule has 104 valence electrons. The zero-order valence-electron chi connectivity index (χ0n) is 10.1. The first-order valence-corrected chi connectivity index (χ1v) is 6.84. The molecular formula is C12H14BrFN2O3. The molecule has 1 aromatic rings. The van der Waals surface area contributed by atoms with E-state index in [-0.39, 0.29) is 28.1 Å². The monoisotopic (exact) mass is 332 g/mol. The van der Waals surface area contributed by atoms with E-state index in [0.29, 0.717) is 0 Å². The van der Waals surface area contributed by atoms with Gasteiger partial charge in [-0.2, -0.15) is 0 Å². The van der Waals surface area contributed by atoms with Crippen molar-refractivity contribution in [1.29, 1.82) is 0 Å². The second-order valence-electron chi connectivity index (χ2n) is 4.60. The summed E-state index contributed by atoms with van der Waals surface area (Å²) in [6.07, 6.45) is 3.24. The SMILES string of the molecule is NC1CCCCC1Oc1cc(F)c(Br)cc1[N+](=O)[O-]. The molecule has 2 unspecified atom stereocenters. The fourth-order valence-corrected chi connectivity index (χ4v) is 2.52. The van der Waals surface area contributed by atoms with Crippen LogP contribution in [0.3, 0.4) is 0 Å². The second-order valence-corrected chi connectivity index (χ2v) is 5.45. The molecule has 0 saturated heterocycles. The maximum Gasteiger partial charge on any atom is 0.312 e. The van der Waals surface area contributed by atoms with Crippen molar-refractivity contribution < 1.29 is 14.1 Å².